The van der Waals surface area contributed by atoms with Gasteiger partial charge in [-0.3, -0.25) is 28.9 Å². The van der Waals surface area contributed by atoms with E-state index < -0.39 is 42.1 Å². The first kappa shape index (κ1) is 82.8. The van der Waals surface area contributed by atoms with Crippen molar-refractivity contribution < 1.29 is 47.8 Å². The topological polar surface area (TPSA) is 326 Å². The van der Waals surface area contributed by atoms with Crippen molar-refractivity contribution in [2.75, 3.05) is 137 Å². The number of anilines is 5. The number of nitrogens with one attached hydrogen (secondary N) is 8. The van der Waals surface area contributed by atoms with Crippen molar-refractivity contribution in [3.05, 3.63) is 161 Å². The number of H-pyrrole nitrogens is 1. The van der Waals surface area contributed by atoms with Crippen LogP contribution in [-0.2, 0) is 37.2 Å². The fraction of sp³-hybridized carbons (Fsp3) is 0.465. The first-order chi connectivity index (χ1) is 56.2. The van der Waals surface area contributed by atoms with Gasteiger partial charge in [-0.25, -0.2) is 24.4 Å². The number of benzene rings is 6. The molecule has 1 saturated carbocycles. The number of carbonyl (C=O) groups excluding carboxylic acids is 8. The van der Waals surface area contributed by atoms with Crippen LogP contribution in [0, 0.1) is 5.92 Å². The Morgan fingerprint density at radius 2 is 1.41 bits per heavy atom. The van der Waals surface area contributed by atoms with Gasteiger partial charge in [0.25, 0.3) is 17.7 Å². The molecular weight excluding hydrogens is 1530 g/mol. The van der Waals surface area contributed by atoms with Gasteiger partial charge in [-0.2, -0.15) is 23.5 Å². The number of thioether (sulfide) groups is 2. The Balaban J connectivity index is 0.581. The van der Waals surface area contributed by atoms with Crippen LogP contribution in [0.3, 0.4) is 0 Å². The van der Waals surface area contributed by atoms with Gasteiger partial charge in [0.15, 0.2) is 0 Å². The number of likely N-dealkylation sites (N-methyl/N-ethyl adjacent to an activating group) is 2. The Morgan fingerprint density at radius 1 is 0.707 bits per heavy atom. The van der Waals surface area contributed by atoms with Crippen LogP contribution in [0.5, 0.6) is 0 Å². The van der Waals surface area contributed by atoms with Crippen LogP contribution in [0.2, 0.25) is 0 Å². The molecule has 5 aliphatic heterocycles. The highest BCUT2D eigenvalue weighted by Gasteiger charge is 2.42. The minimum absolute atomic E-state index is 0.0277. The van der Waals surface area contributed by atoms with Crippen LogP contribution >= 0.6 is 35.1 Å². The number of piperazine rings is 1. The summed E-state index contributed by atoms with van der Waals surface area (Å²) in [6.07, 6.45) is 9.32. The standard InChI is InChI=1S/C86H106ClN17O10S2/c1-53(2)78(89-30-31-90-79(105)56-21-27-69-72(41-56)96-75-52-116-65-13-8-6-5-7-12-64(44-65)115-51-74(75)95-69)82(108)97-70(16-11-29-91-84(88)110)81(107)92-59-22-17-54(18-23-59)50-114-86(112)100(4)48-63-43-62(102-36-38-113-39-37-102)49-103(63)85(111)98-71-45-76-77(67-15-10-9-14-66(67)71)58(46-87)47-104(76)83(109)73-42-57-40-60(24-28-68(57)94-73)93-80(106)55-19-25-61(26-20-55)101-34-32-99(3)33-35-101/h9-10,14-15,17-28,40-42,45,53,58,62-65,70,78,89,94H,5-8,11-13,16,29-39,43-44,46-52H2,1-4H3,(H,90,105)(H,92,107)(H,93,106)(H,97,108)(H,98,111)(H3,88,91,110)/t58-,62-,63+,64?,65?,70-,78-/m1/s1. The lowest BCUT2D eigenvalue weighted by Crippen LogP contribution is -2.54. The van der Waals surface area contributed by atoms with Gasteiger partial charge in [0, 0.05) is 170 Å². The molecule has 4 fully saturated rings. The number of amides is 10. The molecule has 2 aromatic heterocycles. The van der Waals surface area contributed by atoms with E-state index in [4.69, 9.17) is 36.8 Å². The lowest BCUT2D eigenvalue weighted by atomic mass is 9.95. The van der Waals surface area contributed by atoms with E-state index in [1.807, 2.05) is 110 Å². The Morgan fingerprint density at radius 3 is 2.13 bits per heavy atom. The SMILES string of the molecule is CC(C)[C@@H](NCCNC(=O)c1ccc2nc3c(nc2c1)CSC1CCCCCCC(C1)SC3)C(=O)N[C@H](CCCNC(N)=O)C(=O)Nc1ccc(COC(=O)N(C)C[C@@H]2C[C@@H](N3CCOCC3)CN2C(=O)Nc2cc3c(c4ccccc24)[C@H](CCl)CN3C(=O)c2cc3cc(NC(=O)c4ccc(N5CCN(C)CC5)cc4)ccc3[nH]2)cc1. The Labute approximate surface area is 690 Å². The zero-order valence-electron chi connectivity index (χ0n) is 66.4. The van der Waals surface area contributed by atoms with Crippen LogP contribution in [0.4, 0.5) is 42.8 Å². The molecule has 7 heterocycles. The van der Waals surface area contributed by atoms with Gasteiger partial charge >= 0.3 is 18.2 Å². The van der Waals surface area contributed by atoms with Gasteiger partial charge in [-0.15, -0.1) is 11.6 Å². The van der Waals surface area contributed by atoms with E-state index in [0.717, 1.165) is 82.0 Å². The lowest BCUT2D eigenvalue weighted by molar-refractivity contribution is -0.128. The summed E-state index contributed by atoms with van der Waals surface area (Å²) in [4.78, 5) is 136. The molecule has 7 atom stereocenters. The average molecular weight is 1640 g/mol. The summed E-state index contributed by atoms with van der Waals surface area (Å²) < 4.78 is 11.6. The van der Waals surface area contributed by atoms with Gasteiger partial charge in [0.2, 0.25) is 11.8 Å². The highest BCUT2D eigenvalue weighted by Crippen LogP contribution is 2.46. The van der Waals surface area contributed by atoms with Crippen molar-refractivity contribution in [3.8, 4) is 0 Å². The quantitative estimate of drug-likeness (QED) is 0.0190. The number of rotatable bonds is 25. The minimum Gasteiger partial charge on any atom is -0.445 e. The number of nitrogens with two attached hydrogens (primary N) is 1. The van der Waals surface area contributed by atoms with Gasteiger partial charge in [0.05, 0.1) is 59.1 Å². The Bertz CT molecular complexity index is 4870. The number of aromatic amines is 1. The third-order valence-corrected chi connectivity index (χ3v) is 26.2. The van der Waals surface area contributed by atoms with Crippen LogP contribution in [0.25, 0.3) is 32.7 Å². The molecule has 27 nitrogen and oxygen atoms in total. The lowest BCUT2D eigenvalue weighted by Gasteiger charge is -2.34. The summed E-state index contributed by atoms with van der Waals surface area (Å²) >= 11 is 10.8. The number of fused-ring (bicyclic) bond motifs is 8. The molecular formula is C86H106ClN17O10S2. The highest BCUT2D eigenvalue weighted by molar-refractivity contribution is 8.00. The Hall–Kier alpha value is -9.75. The van der Waals surface area contributed by atoms with Gasteiger partial charge in [-0.1, -0.05) is 75.9 Å². The molecule has 6 aromatic carbocycles. The second-order valence-electron chi connectivity index (χ2n) is 31.7. The zero-order valence-corrected chi connectivity index (χ0v) is 68.8. The summed E-state index contributed by atoms with van der Waals surface area (Å²) in [5, 5.41) is 24.6. The number of hydrogen-bond donors (Lipinski definition) is 9. The molecule has 614 valence electrons. The smallest absolute Gasteiger partial charge is 0.409 e. The number of ether oxygens (including phenoxy) is 2. The maximum Gasteiger partial charge on any atom is 0.409 e. The van der Waals surface area contributed by atoms with E-state index in [2.05, 4.69) is 63.9 Å². The number of aromatic nitrogens is 3. The third kappa shape index (κ3) is 20.4. The second kappa shape index (κ2) is 38.6. The van der Waals surface area contributed by atoms with Crippen LogP contribution < -0.4 is 52.8 Å². The van der Waals surface area contributed by atoms with E-state index in [1.165, 1.54) is 49.8 Å². The summed E-state index contributed by atoms with van der Waals surface area (Å²) in [5.41, 5.74) is 15.6. The van der Waals surface area contributed by atoms with Crippen LogP contribution in [-0.4, -0.2) is 229 Å². The zero-order chi connectivity index (χ0) is 80.9. The molecule has 6 aliphatic rings. The third-order valence-electron chi connectivity index (χ3n) is 23.2. The predicted octanol–water partition coefficient (Wildman–Crippen LogP) is 11.7. The van der Waals surface area contributed by atoms with E-state index in [-0.39, 0.29) is 86.7 Å². The molecule has 30 heteroatoms. The normalized spacial score (nSPS) is 19.9. The number of halogens is 1. The van der Waals surface area contributed by atoms with Gasteiger partial charge in [-0.05, 0) is 153 Å². The van der Waals surface area contributed by atoms with Crippen molar-refractivity contribution in [2.24, 2.45) is 11.7 Å². The van der Waals surface area contributed by atoms with Gasteiger partial charge < -0.3 is 81.9 Å². The van der Waals surface area contributed by atoms with E-state index in [9.17, 15) is 33.6 Å². The van der Waals surface area contributed by atoms with Crippen molar-refractivity contribution in [2.45, 2.75) is 137 Å². The summed E-state index contributed by atoms with van der Waals surface area (Å²) in [5.74, 6) is -0.286. The Kier molecular flexibility index (Phi) is 27.5. The molecule has 14 rings (SSSR count). The maximum atomic E-state index is 15.1. The highest BCUT2D eigenvalue weighted by atomic mass is 35.5. The number of primary amides is 1. The van der Waals surface area contributed by atoms with Crippen molar-refractivity contribution >= 4 is 144 Å². The summed E-state index contributed by atoms with van der Waals surface area (Å²) in [6, 6.07) is 33.5. The molecule has 3 saturated heterocycles. The number of likely N-dealkylation sites (tertiary alicyclic amines) is 1. The van der Waals surface area contributed by atoms with Crippen molar-refractivity contribution in [1.29, 1.82) is 0 Å². The second-order valence-corrected chi connectivity index (χ2v) is 34.6. The number of hydrogen-bond acceptors (Lipinski definition) is 18. The van der Waals surface area contributed by atoms with Crippen molar-refractivity contribution in [3.63, 3.8) is 0 Å². The largest absolute Gasteiger partial charge is 0.445 e. The van der Waals surface area contributed by atoms with Crippen molar-refractivity contribution in [1.82, 2.24) is 55.8 Å². The molecule has 10 N–H and O–H groups in total. The number of morpholine rings is 1. The molecule has 1 aliphatic carbocycles. The predicted molar refractivity (Wildman–Crippen MR) is 459 cm³/mol. The average Bonchev–Trinajstić information content (AvgIpc) is 1.57. The number of nitrogens with zero attached hydrogens (tertiary/aromatic N) is 8. The summed E-state index contributed by atoms with van der Waals surface area (Å²) in [7, 11) is 3.76. The fourth-order valence-electron chi connectivity index (χ4n) is 16.7. The number of urea groups is 2. The van der Waals surface area contributed by atoms with E-state index in [1.54, 1.807) is 65.4 Å². The number of alkyl halides is 1. The molecule has 10 amide bonds. The molecule has 116 heavy (non-hydrogen) atoms. The van der Waals surface area contributed by atoms with E-state index >= 15 is 4.79 Å². The maximum absolute atomic E-state index is 15.1. The van der Waals surface area contributed by atoms with Crippen LogP contribution in [0.1, 0.15) is 138 Å². The molecule has 0 radical (unpaired) electrons. The monoisotopic (exact) mass is 1640 g/mol. The minimum atomic E-state index is -1.02. The first-order valence-corrected chi connectivity index (χ1v) is 43.4. The van der Waals surface area contributed by atoms with Crippen LogP contribution in [0.15, 0.2) is 121 Å². The fourth-order valence-corrected chi connectivity index (χ4v) is 19.7. The van der Waals surface area contributed by atoms with E-state index in [0.29, 0.717) is 119 Å². The molecule has 8 aromatic rings. The molecule has 0 spiro atoms. The molecule has 2 bridgehead atoms. The summed E-state index contributed by atoms with van der Waals surface area (Å²) in [6.45, 7) is 11.4. The molecule has 2 unspecified atom stereocenters. The first-order valence-electron chi connectivity index (χ1n) is 40.7. The van der Waals surface area contributed by atoms with Gasteiger partial charge in [0.1, 0.15) is 18.3 Å². The number of carbonyl (C=O) groups is 8.